The van der Waals surface area contributed by atoms with E-state index in [9.17, 15) is 9.59 Å². The Morgan fingerprint density at radius 3 is 2.54 bits per heavy atom. The van der Waals surface area contributed by atoms with Crippen LogP contribution in [0.3, 0.4) is 0 Å². The first-order chi connectivity index (χ1) is 12.5. The molecule has 2 saturated heterocycles. The number of nitrogens with one attached hydrogen (secondary N) is 1. The molecule has 2 amide bonds. The van der Waals surface area contributed by atoms with E-state index in [4.69, 9.17) is 10.5 Å². The van der Waals surface area contributed by atoms with E-state index >= 15 is 0 Å². The van der Waals surface area contributed by atoms with Gasteiger partial charge in [0.25, 0.3) is 0 Å². The third-order valence-corrected chi connectivity index (χ3v) is 5.29. The van der Waals surface area contributed by atoms with Gasteiger partial charge in [0.05, 0.1) is 25.2 Å². The van der Waals surface area contributed by atoms with E-state index in [1.165, 1.54) is 0 Å². The number of ether oxygens (including phenoxy) is 1. The summed E-state index contributed by atoms with van der Waals surface area (Å²) < 4.78 is 5.37. The number of piperidine rings is 1. The molecule has 0 radical (unpaired) electrons. The number of morpholine rings is 1. The van der Waals surface area contributed by atoms with Crippen molar-refractivity contribution in [2.45, 2.75) is 25.8 Å². The highest BCUT2D eigenvalue weighted by Crippen LogP contribution is 2.21. The molecule has 7 nitrogen and oxygen atoms in total. The van der Waals surface area contributed by atoms with Crippen LogP contribution in [0.25, 0.3) is 0 Å². The Labute approximate surface area is 154 Å². The molecule has 0 aliphatic carbocycles. The SMILES string of the molecule is C[C@H](C(=O)Nc1ccc(N2CCOCC2)cc1)N1CCC[C@H](C(N)=O)C1. The summed E-state index contributed by atoms with van der Waals surface area (Å²) in [6.07, 6.45) is 1.70. The van der Waals surface area contributed by atoms with Crippen molar-refractivity contribution in [3.63, 3.8) is 0 Å². The number of nitrogens with two attached hydrogens (primary N) is 1. The molecular formula is C19H28N4O3. The number of carbonyl (C=O) groups is 2. The molecule has 1 aromatic rings. The van der Waals surface area contributed by atoms with Crippen LogP contribution in [0.1, 0.15) is 19.8 Å². The molecule has 0 aromatic heterocycles. The number of hydrogen-bond acceptors (Lipinski definition) is 5. The van der Waals surface area contributed by atoms with Gasteiger partial charge in [-0.15, -0.1) is 0 Å². The van der Waals surface area contributed by atoms with E-state index in [1.807, 2.05) is 36.1 Å². The van der Waals surface area contributed by atoms with Crippen molar-refractivity contribution in [1.29, 1.82) is 0 Å². The molecule has 142 valence electrons. The second-order valence-corrected chi connectivity index (χ2v) is 7.05. The maximum absolute atomic E-state index is 12.6. The summed E-state index contributed by atoms with van der Waals surface area (Å²) in [5.74, 6) is -0.498. The van der Waals surface area contributed by atoms with Crippen molar-refractivity contribution in [2.75, 3.05) is 49.6 Å². The lowest BCUT2D eigenvalue weighted by atomic mass is 9.96. The Balaban J connectivity index is 1.56. The number of likely N-dealkylation sites (tertiary alicyclic amines) is 1. The molecule has 3 rings (SSSR count). The average Bonchev–Trinajstić information content (AvgIpc) is 2.68. The molecule has 2 fully saturated rings. The molecule has 26 heavy (non-hydrogen) atoms. The largest absolute Gasteiger partial charge is 0.378 e. The van der Waals surface area contributed by atoms with Gasteiger partial charge in [0.15, 0.2) is 0 Å². The minimum absolute atomic E-state index is 0.0609. The fourth-order valence-corrected chi connectivity index (χ4v) is 3.58. The smallest absolute Gasteiger partial charge is 0.241 e. The fourth-order valence-electron chi connectivity index (χ4n) is 3.58. The zero-order valence-electron chi connectivity index (χ0n) is 15.3. The van der Waals surface area contributed by atoms with E-state index in [0.29, 0.717) is 6.54 Å². The lowest BCUT2D eigenvalue weighted by molar-refractivity contribution is -0.127. The van der Waals surface area contributed by atoms with Crippen LogP contribution in [-0.4, -0.2) is 62.1 Å². The van der Waals surface area contributed by atoms with Gasteiger partial charge in [0.2, 0.25) is 11.8 Å². The minimum Gasteiger partial charge on any atom is -0.378 e. The number of carbonyl (C=O) groups excluding carboxylic acids is 2. The number of nitrogens with zero attached hydrogens (tertiary/aromatic N) is 2. The van der Waals surface area contributed by atoms with Crippen molar-refractivity contribution in [2.24, 2.45) is 11.7 Å². The van der Waals surface area contributed by atoms with Crippen molar-refractivity contribution in [1.82, 2.24) is 4.90 Å². The summed E-state index contributed by atoms with van der Waals surface area (Å²) in [6.45, 7) is 6.52. The first-order valence-electron chi connectivity index (χ1n) is 9.31. The van der Waals surface area contributed by atoms with Gasteiger partial charge >= 0.3 is 0 Å². The minimum atomic E-state index is -0.295. The van der Waals surface area contributed by atoms with Gasteiger partial charge < -0.3 is 20.7 Å². The highest BCUT2D eigenvalue weighted by Gasteiger charge is 2.29. The summed E-state index contributed by atoms with van der Waals surface area (Å²) in [5.41, 5.74) is 7.35. The topological polar surface area (TPSA) is 87.9 Å². The van der Waals surface area contributed by atoms with E-state index in [0.717, 1.165) is 57.1 Å². The number of hydrogen-bond donors (Lipinski definition) is 2. The van der Waals surface area contributed by atoms with Crippen LogP contribution in [-0.2, 0) is 14.3 Å². The van der Waals surface area contributed by atoms with Gasteiger partial charge in [-0.05, 0) is 50.6 Å². The van der Waals surface area contributed by atoms with E-state index in [2.05, 4.69) is 10.2 Å². The number of primary amides is 1. The zero-order chi connectivity index (χ0) is 18.5. The molecule has 2 aliphatic heterocycles. The summed E-state index contributed by atoms with van der Waals surface area (Å²) >= 11 is 0. The molecule has 0 spiro atoms. The Hall–Kier alpha value is -2.12. The number of rotatable bonds is 5. The van der Waals surface area contributed by atoms with Crippen molar-refractivity contribution < 1.29 is 14.3 Å². The highest BCUT2D eigenvalue weighted by atomic mass is 16.5. The van der Waals surface area contributed by atoms with Crippen LogP contribution >= 0.6 is 0 Å². The molecule has 0 unspecified atom stereocenters. The first kappa shape index (κ1) is 18.7. The second kappa shape index (κ2) is 8.51. The number of benzene rings is 1. The Kier molecular flexibility index (Phi) is 6.11. The molecular weight excluding hydrogens is 332 g/mol. The third-order valence-electron chi connectivity index (χ3n) is 5.29. The van der Waals surface area contributed by atoms with Gasteiger partial charge in [-0.3, -0.25) is 14.5 Å². The zero-order valence-corrected chi connectivity index (χ0v) is 15.3. The molecule has 7 heteroatoms. The number of amides is 2. The quantitative estimate of drug-likeness (QED) is 0.819. The van der Waals surface area contributed by atoms with Gasteiger partial charge in [0, 0.05) is 31.0 Å². The molecule has 2 heterocycles. The average molecular weight is 360 g/mol. The Morgan fingerprint density at radius 2 is 1.88 bits per heavy atom. The Bertz CT molecular complexity index is 628. The van der Waals surface area contributed by atoms with E-state index in [1.54, 1.807) is 0 Å². The highest BCUT2D eigenvalue weighted by molar-refractivity contribution is 5.94. The maximum Gasteiger partial charge on any atom is 0.241 e. The lowest BCUT2D eigenvalue weighted by Crippen LogP contribution is -2.49. The Morgan fingerprint density at radius 1 is 1.19 bits per heavy atom. The summed E-state index contributed by atoms with van der Waals surface area (Å²) in [4.78, 5) is 28.3. The van der Waals surface area contributed by atoms with Crippen molar-refractivity contribution in [3.05, 3.63) is 24.3 Å². The molecule has 0 bridgehead atoms. The van der Waals surface area contributed by atoms with Crippen LogP contribution < -0.4 is 16.0 Å². The fraction of sp³-hybridized carbons (Fsp3) is 0.579. The van der Waals surface area contributed by atoms with Crippen LogP contribution in [0.4, 0.5) is 11.4 Å². The third kappa shape index (κ3) is 4.53. The van der Waals surface area contributed by atoms with Gasteiger partial charge in [-0.25, -0.2) is 0 Å². The second-order valence-electron chi connectivity index (χ2n) is 7.05. The van der Waals surface area contributed by atoms with E-state index < -0.39 is 0 Å². The van der Waals surface area contributed by atoms with E-state index in [-0.39, 0.29) is 23.8 Å². The normalized spacial score (nSPS) is 22.7. The van der Waals surface area contributed by atoms with Gasteiger partial charge in [0.1, 0.15) is 0 Å². The lowest BCUT2D eigenvalue weighted by Gasteiger charge is -2.34. The molecule has 2 atom stereocenters. The van der Waals surface area contributed by atoms with Gasteiger partial charge in [-0.2, -0.15) is 0 Å². The van der Waals surface area contributed by atoms with Crippen molar-refractivity contribution >= 4 is 23.2 Å². The van der Waals surface area contributed by atoms with Crippen LogP contribution in [0.15, 0.2) is 24.3 Å². The molecule has 3 N–H and O–H groups in total. The molecule has 2 aliphatic rings. The standard InChI is InChI=1S/C19H28N4O3/c1-14(23-8-2-3-15(13-23)18(20)24)19(25)21-16-4-6-17(7-5-16)22-9-11-26-12-10-22/h4-7,14-15H,2-3,8-13H2,1H3,(H2,20,24)(H,21,25)/t14-,15+/m1/s1. The summed E-state index contributed by atoms with van der Waals surface area (Å²) in [7, 11) is 0. The molecule has 1 aromatic carbocycles. The number of anilines is 2. The van der Waals surface area contributed by atoms with Crippen LogP contribution in [0, 0.1) is 5.92 Å². The monoisotopic (exact) mass is 360 g/mol. The van der Waals surface area contributed by atoms with Crippen LogP contribution in [0.5, 0.6) is 0 Å². The predicted octanol–water partition coefficient (Wildman–Crippen LogP) is 1.05. The predicted molar refractivity (Wildman–Crippen MR) is 101 cm³/mol. The summed E-state index contributed by atoms with van der Waals surface area (Å²) in [6, 6.07) is 7.61. The first-order valence-corrected chi connectivity index (χ1v) is 9.31. The maximum atomic E-state index is 12.6. The van der Waals surface area contributed by atoms with Crippen molar-refractivity contribution in [3.8, 4) is 0 Å². The van der Waals surface area contributed by atoms with Gasteiger partial charge in [-0.1, -0.05) is 0 Å². The summed E-state index contributed by atoms with van der Waals surface area (Å²) in [5, 5.41) is 2.97. The molecule has 0 saturated carbocycles. The van der Waals surface area contributed by atoms with Crippen LogP contribution in [0.2, 0.25) is 0 Å².